The van der Waals surface area contributed by atoms with E-state index in [1.54, 1.807) is 18.9 Å². The number of rotatable bonds is 6. The lowest BCUT2D eigenvalue weighted by Crippen LogP contribution is -2.48. The van der Waals surface area contributed by atoms with Crippen LogP contribution in [-0.2, 0) is 11.3 Å². The molecule has 1 saturated heterocycles. The molecule has 1 aliphatic rings. The third kappa shape index (κ3) is 5.26. The zero-order valence-corrected chi connectivity index (χ0v) is 16.3. The van der Waals surface area contributed by atoms with Gasteiger partial charge in [-0.1, -0.05) is 29.8 Å². The minimum absolute atomic E-state index is 0.223. The Morgan fingerprint density at radius 2 is 1.81 bits per heavy atom. The SMILES string of the molecule is COc1ccc(SCC(=O)N2CCN(Cc3cccc(C)c3)CC2)cc1. The zero-order chi connectivity index (χ0) is 18.4. The molecule has 0 saturated carbocycles. The van der Waals surface area contributed by atoms with Crippen molar-refractivity contribution in [2.75, 3.05) is 39.0 Å². The number of methoxy groups -OCH3 is 1. The molecule has 1 fully saturated rings. The van der Waals surface area contributed by atoms with Gasteiger partial charge in [0.25, 0.3) is 0 Å². The normalized spacial score (nSPS) is 15.1. The number of ether oxygens (including phenoxy) is 1. The quantitative estimate of drug-likeness (QED) is 0.729. The number of nitrogens with zero attached hydrogens (tertiary/aromatic N) is 2. The molecule has 2 aromatic rings. The molecular formula is C21H26N2O2S. The molecular weight excluding hydrogens is 344 g/mol. The second-order valence-electron chi connectivity index (χ2n) is 6.61. The van der Waals surface area contributed by atoms with Crippen molar-refractivity contribution in [2.24, 2.45) is 0 Å². The summed E-state index contributed by atoms with van der Waals surface area (Å²) in [5, 5.41) is 0. The zero-order valence-electron chi connectivity index (χ0n) is 15.5. The molecule has 3 rings (SSSR count). The molecule has 1 amide bonds. The Hall–Kier alpha value is -1.98. The van der Waals surface area contributed by atoms with Gasteiger partial charge in [0.1, 0.15) is 5.75 Å². The lowest BCUT2D eigenvalue weighted by atomic mass is 10.1. The van der Waals surface area contributed by atoms with Crippen molar-refractivity contribution >= 4 is 17.7 Å². The Kier molecular flexibility index (Phi) is 6.58. The van der Waals surface area contributed by atoms with Crippen LogP contribution in [0.3, 0.4) is 0 Å². The molecule has 0 aliphatic carbocycles. The molecule has 1 heterocycles. The largest absolute Gasteiger partial charge is 0.497 e. The summed E-state index contributed by atoms with van der Waals surface area (Å²) in [6.45, 7) is 6.59. The van der Waals surface area contributed by atoms with Crippen LogP contribution in [0.25, 0.3) is 0 Å². The number of amides is 1. The summed E-state index contributed by atoms with van der Waals surface area (Å²) in [6.07, 6.45) is 0. The standard InChI is InChI=1S/C21H26N2O2S/c1-17-4-3-5-18(14-17)15-22-10-12-23(13-11-22)21(24)16-26-20-8-6-19(25-2)7-9-20/h3-9,14H,10-13,15-16H2,1-2H3. The Morgan fingerprint density at radius 3 is 2.46 bits per heavy atom. The molecule has 0 N–H and O–H groups in total. The Labute approximate surface area is 160 Å². The maximum absolute atomic E-state index is 12.5. The molecule has 2 aromatic carbocycles. The number of hydrogen-bond acceptors (Lipinski definition) is 4. The van der Waals surface area contributed by atoms with E-state index in [1.807, 2.05) is 29.2 Å². The second kappa shape index (κ2) is 9.10. The highest BCUT2D eigenvalue weighted by molar-refractivity contribution is 8.00. The molecule has 0 atom stereocenters. The molecule has 5 heteroatoms. The Balaban J connectivity index is 1.42. The number of benzene rings is 2. The van der Waals surface area contributed by atoms with E-state index in [9.17, 15) is 4.79 Å². The fourth-order valence-corrected chi connectivity index (χ4v) is 3.93. The van der Waals surface area contributed by atoms with Gasteiger partial charge in [-0.15, -0.1) is 11.8 Å². The summed E-state index contributed by atoms with van der Waals surface area (Å²) >= 11 is 1.59. The van der Waals surface area contributed by atoms with Gasteiger partial charge in [-0.3, -0.25) is 9.69 Å². The van der Waals surface area contributed by atoms with Gasteiger partial charge in [-0.05, 0) is 36.8 Å². The van der Waals surface area contributed by atoms with Crippen LogP contribution in [0.15, 0.2) is 53.4 Å². The van der Waals surface area contributed by atoms with Crippen LogP contribution in [0.2, 0.25) is 0 Å². The third-order valence-corrected chi connectivity index (χ3v) is 5.63. The first kappa shape index (κ1) is 18.8. The van der Waals surface area contributed by atoms with Crippen molar-refractivity contribution in [3.63, 3.8) is 0 Å². The maximum atomic E-state index is 12.5. The molecule has 26 heavy (non-hydrogen) atoms. The summed E-state index contributed by atoms with van der Waals surface area (Å²) in [4.78, 5) is 18.0. The summed E-state index contributed by atoms with van der Waals surface area (Å²) in [5.41, 5.74) is 2.65. The molecule has 0 unspecified atom stereocenters. The maximum Gasteiger partial charge on any atom is 0.233 e. The van der Waals surface area contributed by atoms with Crippen LogP contribution in [-0.4, -0.2) is 54.7 Å². The highest BCUT2D eigenvalue weighted by Gasteiger charge is 2.21. The Bertz CT molecular complexity index is 725. The molecule has 4 nitrogen and oxygen atoms in total. The van der Waals surface area contributed by atoms with Crippen LogP contribution >= 0.6 is 11.8 Å². The first-order valence-corrected chi connectivity index (χ1v) is 9.95. The molecule has 0 aromatic heterocycles. The van der Waals surface area contributed by atoms with Gasteiger partial charge >= 0.3 is 0 Å². The lowest BCUT2D eigenvalue weighted by Gasteiger charge is -2.34. The lowest BCUT2D eigenvalue weighted by molar-refractivity contribution is -0.130. The fraction of sp³-hybridized carbons (Fsp3) is 0.381. The van der Waals surface area contributed by atoms with Crippen LogP contribution in [0.4, 0.5) is 0 Å². The first-order valence-electron chi connectivity index (χ1n) is 8.96. The van der Waals surface area contributed by atoms with Crippen LogP contribution in [0.5, 0.6) is 5.75 Å². The second-order valence-corrected chi connectivity index (χ2v) is 7.66. The van der Waals surface area contributed by atoms with Gasteiger partial charge in [-0.25, -0.2) is 0 Å². The van der Waals surface area contributed by atoms with Crippen LogP contribution in [0, 0.1) is 6.92 Å². The predicted octanol–water partition coefficient (Wildman–Crippen LogP) is 3.44. The number of carbonyl (C=O) groups excluding carboxylic acids is 1. The number of carbonyl (C=O) groups is 1. The topological polar surface area (TPSA) is 32.8 Å². The molecule has 0 bridgehead atoms. The molecule has 138 valence electrons. The van der Waals surface area contributed by atoms with Gasteiger partial charge in [0.05, 0.1) is 12.9 Å². The number of piperazine rings is 1. The van der Waals surface area contributed by atoms with Gasteiger partial charge in [0.15, 0.2) is 0 Å². The van der Waals surface area contributed by atoms with Gasteiger partial charge in [0.2, 0.25) is 5.91 Å². The summed E-state index contributed by atoms with van der Waals surface area (Å²) in [7, 11) is 1.66. The van der Waals surface area contributed by atoms with Crippen LogP contribution < -0.4 is 4.74 Å². The van der Waals surface area contributed by atoms with E-state index in [-0.39, 0.29) is 5.91 Å². The highest BCUT2D eigenvalue weighted by Crippen LogP contribution is 2.22. The molecule has 0 spiro atoms. The third-order valence-electron chi connectivity index (χ3n) is 4.64. The average Bonchev–Trinajstić information content (AvgIpc) is 2.67. The minimum Gasteiger partial charge on any atom is -0.497 e. The van der Waals surface area contributed by atoms with Crippen LogP contribution in [0.1, 0.15) is 11.1 Å². The number of hydrogen-bond donors (Lipinski definition) is 0. The van der Waals surface area contributed by atoms with E-state index < -0.39 is 0 Å². The van der Waals surface area contributed by atoms with E-state index >= 15 is 0 Å². The summed E-state index contributed by atoms with van der Waals surface area (Å²) in [6, 6.07) is 16.5. The van der Waals surface area contributed by atoms with E-state index in [2.05, 4.69) is 36.1 Å². The summed E-state index contributed by atoms with van der Waals surface area (Å²) in [5.74, 6) is 1.55. The van der Waals surface area contributed by atoms with Crippen molar-refractivity contribution in [1.29, 1.82) is 0 Å². The van der Waals surface area contributed by atoms with E-state index in [0.717, 1.165) is 43.4 Å². The monoisotopic (exact) mass is 370 g/mol. The van der Waals surface area contributed by atoms with E-state index in [1.165, 1.54) is 11.1 Å². The fourth-order valence-electron chi connectivity index (χ4n) is 3.13. The predicted molar refractivity (Wildman–Crippen MR) is 107 cm³/mol. The highest BCUT2D eigenvalue weighted by atomic mass is 32.2. The smallest absolute Gasteiger partial charge is 0.233 e. The first-order chi connectivity index (χ1) is 12.6. The number of thioether (sulfide) groups is 1. The van der Waals surface area contributed by atoms with Gasteiger partial charge < -0.3 is 9.64 Å². The van der Waals surface area contributed by atoms with E-state index in [0.29, 0.717) is 5.75 Å². The molecule has 1 aliphatic heterocycles. The van der Waals surface area contributed by atoms with Crippen molar-refractivity contribution in [3.05, 3.63) is 59.7 Å². The Morgan fingerprint density at radius 1 is 1.08 bits per heavy atom. The molecule has 0 radical (unpaired) electrons. The van der Waals surface area contributed by atoms with Crippen molar-refractivity contribution < 1.29 is 9.53 Å². The average molecular weight is 371 g/mol. The summed E-state index contributed by atoms with van der Waals surface area (Å²) < 4.78 is 5.16. The van der Waals surface area contributed by atoms with Gasteiger partial charge in [0, 0.05) is 37.6 Å². The van der Waals surface area contributed by atoms with E-state index in [4.69, 9.17) is 4.74 Å². The van der Waals surface area contributed by atoms with Gasteiger partial charge in [-0.2, -0.15) is 0 Å². The van der Waals surface area contributed by atoms with Crippen molar-refractivity contribution in [2.45, 2.75) is 18.4 Å². The number of aryl methyl sites for hydroxylation is 1. The minimum atomic E-state index is 0.223. The van der Waals surface area contributed by atoms with Crippen molar-refractivity contribution in [3.8, 4) is 5.75 Å². The van der Waals surface area contributed by atoms with Crippen molar-refractivity contribution in [1.82, 2.24) is 9.80 Å².